The fourth-order valence-electron chi connectivity index (χ4n) is 1.62. The zero-order valence-electron chi connectivity index (χ0n) is 9.29. The maximum absolute atomic E-state index is 5.59. The standard InChI is InChI=1S/C11H20N2O/c1-9(2)7-13(3)8-11-10(6-12)4-5-14-11/h4-5,9H,6-8,12H2,1-3H3. The first kappa shape index (κ1) is 11.3. The Kier molecular flexibility index (Phi) is 4.17. The zero-order chi connectivity index (χ0) is 10.6. The molecule has 0 fully saturated rings. The Labute approximate surface area is 85.9 Å². The number of nitrogens with zero attached hydrogens (tertiary/aromatic N) is 1. The van der Waals surface area contributed by atoms with Crippen LogP contribution in [-0.2, 0) is 13.1 Å². The molecule has 1 heterocycles. The first-order valence-corrected chi connectivity index (χ1v) is 5.07. The summed E-state index contributed by atoms with van der Waals surface area (Å²) in [7, 11) is 2.10. The molecule has 0 aliphatic rings. The van der Waals surface area contributed by atoms with Gasteiger partial charge in [0, 0.05) is 18.7 Å². The first-order valence-electron chi connectivity index (χ1n) is 5.07. The Hall–Kier alpha value is -0.800. The third-order valence-electron chi connectivity index (χ3n) is 2.15. The number of hydrogen-bond donors (Lipinski definition) is 1. The minimum absolute atomic E-state index is 0.557. The highest BCUT2D eigenvalue weighted by Crippen LogP contribution is 2.12. The molecular weight excluding hydrogens is 176 g/mol. The largest absolute Gasteiger partial charge is 0.468 e. The lowest BCUT2D eigenvalue weighted by Gasteiger charge is -2.17. The Bertz CT molecular complexity index is 268. The average Bonchev–Trinajstić information content (AvgIpc) is 2.50. The van der Waals surface area contributed by atoms with Gasteiger partial charge in [0.05, 0.1) is 12.8 Å². The van der Waals surface area contributed by atoms with Gasteiger partial charge in [-0.2, -0.15) is 0 Å². The van der Waals surface area contributed by atoms with Gasteiger partial charge in [-0.3, -0.25) is 4.90 Å². The van der Waals surface area contributed by atoms with Crippen LogP contribution in [0, 0.1) is 5.92 Å². The average molecular weight is 196 g/mol. The van der Waals surface area contributed by atoms with Crippen LogP contribution in [0.2, 0.25) is 0 Å². The van der Waals surface area contributed by atoms with Crippen LogP contribution in [0.4, 0.5) is 0 Å². The van der Waals surface area contributed by atoms with Crippen molar-refractivity contribution < 1.29 is 4.42 Å². The van der Waals surface area contributed by atoms with E-state index >= 15 is 0 Å². The van der Waals surface area contributed by atoms with Crippen molar-refractivity contribution in [2.45, 2.75) is 26.9 Å². The molecule has 0 aromatic carbocycles. The summed E-state index contributed by atoms with van der Waals surface area (Å²) in [6, 6.07) is 1.94. The molecule has 3 nitrogen and oxygen atoms in total. The lowest BCUT2D eigenvalue weighted by molar-refractivity contribution is 0.264. The van der Waals surface area contributed by atoms with Crippen LogP contribution in [0.3, 0.4) is 0 Å². The van der Waals surface area contributed by atoms with Crippen molar-refractivity contribution in [3.8, 4) is 0 Å². The number of hydrogen-bond acceptors (Lipinski definition) is 3. The van der Waals surface area contributed by atoms with Crippen molar-refractivity contribution in [1.82, 2.24) is 4.90 Å². The van der Waals surface area contributed by atoms with Crippen molar-refractivity contribution in [2.24, 2.45) is 11.7 Å². The van der Waals surface area contributed by atoms with Gasteiger partial charge in [-0.1, -0.05) is 13.8 Å². The molecule has 0 aliphatic heterocycles. The molecule has 1 aromatic heterocycles. The van der Waals surface area contributed by atoms with Gasteiger partial charge >= 0.3 is 0 Å². The van der Waals surface area contributed by atoms with Crippen molar-refractivity contribution in [2.75, 3.05) is 13.6 Å². The second-order valence-electron chi connectivity index (χ2n) is 4.16. The van der Waals surface area contributed by atoms with E-state index < -0.39 is 0 Å². The third-order valence-corrected chi connectivity index (χ3v) is 2.15. The Morgan fingerprint density at radius 2 is 2.21 bits per heavy atom. The van der Waals surface area contributed by atoms with Gasteiger partial charge in [0.1, 0.15) is 5.76 Å². The molecular formula is C11H20N2O. The highest BCUT2D eigenvalue weighted by atomic mass is 16.3. The van der Waals surface area contributed by atoms with Crippen molar-refractivity contribution in [1.29, 1.82) is 0 Å². The monoisotopic (exact) mass is 196 g/mol. The van der Waals surface area contributed by atoms with Crippen LogP contribution in [0.15, 0.2) is 16.7 Å². The summed E-state index contributed by atoms with van der Waals surface area (Å²) in [4.78, 5) is 2.25. The molecule has 1 rings (SSSR count). The van der Waals surface area contributed by atoms with E-state index in [9.17, 15) is 0 Å². The van der Waals surface area contributed by atoms with E-state index in [1.807, 2.05) is 6.07 Å². The molecule has 0 radical (unpaired) electrons. The molecule has 0 aliphatic carbocycles. The smallest absolute Gasteiger partial charge is 0.122 e. The Morgan fingerprint density at radius 1 is 1.50 bits per heavy atom. The summed E-state index contributed by atoms with van der Waals surface area (Å²) in [6.45, 7) is 6.90. The lowest BCUT2D eigenvalue weighted by atomic mass is 10.2. The molecule has 0 saturated carbocycles. The topological polar surface area (TPSA) is 42.4 Å². The van der Waals surface area contributed by atoms with Gasteiger partial charge in [0.15, 0.2) is 0 Å². The van der Waals surface area contributed by atoms with Crippen LogP contribution < -0.4 is 5.73 Å². The van der Waals surface area contributed by atoms with Crippen molar-refractivity contribution in [3.63, 3.8) is 0 Å². The van der Waals surface area contributed by atoms with E-state index in [1.165, 1.54) is 0 Å². The molecule has 0 atom stereocenters. The van der Waals surface area contributed by atoms with Crippen LogP contribution >= 0.6 is 0 Å². The van der Waals surface area contributed by atoms with Crippen LogP contribution in [0.25, 0.3) is 0 Å². The summed E-state index contributed by atoms with van der Waals surface area (Å²) in [5.41, 5.74) is 6.71. The molecule has 0 bridgehead atoms. The molecule has 0 saturated heterocycles. The van der Waals surface area contributed by atoms with E-state index in [4.69, 9.17) is 10.2 Å². The maximum atomic E-state index is 5.59. The van der Waals surface area contributed by atoms with E-state index in [2.05, 4.69) is 25.8 Å². The summed E-state index contributed by atoms with van der Waals surface area (Å²) < 4.78 is 5.39. The fraction of sp³-hybridized carbons (Fsp3) is 0.636. The number of furan rings is 1. The Balaban J connectivity index is 2.51. The molecule has 80 valence electrons. The lowest BCUT2D eigenvalue weighted by Crippen LogP contribution is -2.23. The SMILES string of the molecule is CC(C)CN(C)Cc1occc1CN. The van der Waals surface area contributed by atoms with Crippen LogP contribution in [-0.4, -0.2) is 18.5 Å². The van der Waals surface area contributed by atoms with Crippen molar-refractivity contribution in [3.05, 3.63) is 23.7 Å². The molecule has 2 N–H and O–H groups in total. The predicted molar refractivity (Wildman–Crippen MR) is 57.8 cm³/mol. The maximum Gasteiger partial charge on any atom is 0.122 e. The van der Waals surface area contributed by atoms with Gasteiger partial charge < -0.3 is 10.2 Å². The van der Waals surface area contributed by atoms with Gasteiger partial charge in [-0.05, 0) is 19.0 Å². The molecule has 1 aromatic rings. The van der Waals surface area contributed by atoms with E-state index in [0.29, 0.717) is 12.5 Å². The van der Waals surface area contributed by atoms with E-state index in [-0.39, 0.29) is 0 Å². The number of nitrogens with two attached hydrogens (primary N) is 1. The van der Waals surface area contributed by atoms with Gasteiger partial charge in [-0.15, -0.1) is 0 Å². The molecule has 3 heteroatoms. The van der Waals surface area contributed by atoms with Gasteiger partial charge in [0.2, 0.25) is 0 Å². The normalized spacial score (nSPS) is 11.6. The van der Waals surface area contributed by atoms with E-state index in [0.717, 1.165) is 24.4 Å². The molecule has 14 heavy (non-hydrogen) atoms. The molecule has 0 amide bonds. The second-order valence-corrected chi connectivity index (χ2v) is 4.16. The molecule has 0 unspecified atom stereocenters. The van der Waals surface area contributed by atoms with Gasteiger partial charge in [-0.25, -0.2) is 0 Å². The van der Waals surface area contributed by atoms with E-state index in [1.54, 1.807) is 6.26 Å². The predicted octanol–water partition coefficient (Wildman–Crippen LogP) is 1.83. The third kappa shape index (κ3) is 3.16. The van der Waals surface area contributed by atoms with Crippen LogP contribution in [0.5, 0.6) is 0 Å². The van der Waals surface area contributed by atoms with Crippen molar-refractivity contribution >= 4 is 0 Å². The quantitative estimate of drug-likeness (QED) is 0.781. The zero-order valence-corrected chi connectivity index (χ0v) is 9.29. The fourth-order valence-corrected chi connectivity index (χ4v) is 1.62. The first-order chi connectivity index (χ1) is 6.63. The Morgan fingerprint density at radius 3 is 2.79 bits per heavy atom. The summed E-state index contributed by atoms with van der Waals surface area (Å²) in [5, 5.41) is 0. The highest BCUT2D eigenvalue weighted by Gasteiger charge is 2.08. The highest BCUT2D eigenvalue weighted by molar-refractivity contribution is 5.16. The second kappa shape index (κ2) is 5.17. The van der Waals surface area contributed by atoms with Crippen LogP contribution in [0.1, 0.15) is 25.2 Å². The molecule has 0 spiro atoms. The van der Waals surface area contributed by atoms with Gasteiger partial charge in [0.25, 0.3) is 0 Å². The summed E-state index contributed by atoms with van der Waals surface area (Å²) >= 11 is 0. The summed E-state index contributed by atoms with van der Waals surface area (Å²) in [5.74, 6) is 1.67. The summed E-state index contributed by atoms with van der Waals surface area (Å²) in [6.07, 6.45) is 1.71. The minimum atomic E-state index is 0.557. The minimum Gasteiger partial charge on any atom is -0.468 e. The number of rotatable bonds is 5.